The zero-order valence-corrected chi connectivity index (χ0v) is 13.9. The Morgan fingerprint density at radius 2 is 1.74 bits per heavy atom. The van der Waals surface area contributed by atoms with Gasteiger partial charge in [-0.3, -0.25) is 9.36 Å². The Balaban J connectivity index is 1.84. The Morgan fingerprint density at radius 1 is 1.13 bits per heavy atom. The summed E-state index contributed by atoms with van der Waals surface area (Å²) in [6, 6.07) is 0. The van der Waals surface area contributed by atoms with Crippen LogP contribution < -0.4 is 5.69 Å². The maximum atomic E-state index is 12.3. The molecule has 0 bridgehead atoms. The molecule has 23 heavy (non-hydrogen) atoms. The van der Waals surface area contributed by atoms with Gasteiger partial charge in [-0.15, -0.1) is 0 Å². The number of amides is 2. The number of aryl methyl sites for hydroxylation is 1. The molecular formula is C15H24N4O4. The minimum absolute atomic E-state index is 0.00124. The van der Waals surface area contributed by atoms with E-state index in [-0.39, 0.29) is 24.1 Å². The van der Waals surface area contributed by atoms with E-state index >= 15 is 0 Å². The number of hydrogen-bond donors (Lipinski definition) is 1. The monoisotopic (exact) mass is 324 g/mol. The van der Waals surface area contributed by atoms with Gasteiger partial charge in [-0.2, -0.15) is 0 Å². The van der Waals surface area contributed by atoms with Crippen molar-refractivity contribution in [2.24, 2.45) is 0 Å². The molecule has 1 saturated heterocycles. The van der Waals surface area contributed by atoms with Crippen molar-refractivity contribution in [1.82, 2.24) is 19.4 Å². The molecule has 1 fully saturated rings. The number of piperazine rings is 1. The van der Waals surface area contributed by atoms with Crippen molar-refractivity contribution in [3.05, 3.63) is 21.9 Å². The molecular weight excluding hydrogens is 300 g/mol. The quantitative estimate of drug-likeness (QED) is 0.873. The van der Waals surface area contributed by atoms with E-state index in [4.69, 9.17) is 4.74 Å². The zero-order chi connectivity index (χ0) is 17.0. The summed E-state index contributed by atoms with van der Waals surface area (Å²) in [5, 5.41) is 0. The van der Waals surface area contributed by atoms with E-state index in [2.05, 4.69) is 4.98 Å². The summed E-state index contributed by atoms with van der Waals surface area (Å²) < 4.78 is 6.54. The number of aromatic nitrogens is 2. The number of nitrogens with zero attached hydrogens (tertiary/aromatic N) is 3. The van der Waals surface area contributed by atoms with Gasteiger partial charge in [0.2, 0.25) is 5.91 Å². The maximum absolute atomic E-state index is 12.3. The molecule has 0 unspecified atom stereocenters. The highest BCUT2D eigenvalue weighted by molar-refractivity contribution is 5.76. The lowest BCUT2D eigenvalue weighted by molar-refractivity contribution is -0.133. The third-order valence-corrected chi connectivity index (χ3v) is 4.19. The Morgan fingerprint density at radius 3 is 2.26 bits per heavy atom. The molecule has 0 atom stereocenters. The summed E-state index contributed by atoms with van der Waals surface area (Å²) in [6.07, 6.45) is -0.0539. The first-order valence-electron chi connectivity index (χ1n) is 7.89. The standard InChI is InChI=1S/C15H24N4O4/c1-4-23-15(22)18-9-7-17(8-10-18)13(20)5-6-19-12(3)11(2)16-14(19)21/h4-10H2,1-3H3,(H,16,21). The van der Waals surface area contributed by atoms with E-state index < -0.39 is 0 Å². The zero-order valence-electron chi connectivity index (χ0n) is 13.9. The van der Waals surface area contributed by atoms with Gasteiger partial charge in [0, 0.05) is 50.5 Å². The fourth-order valence-electron chi connectivity index (χ4n) is 2.66. The number of carbonyl (C=O) groups is 2. The van der Waals surface area contributed by atoms with Crippen molar-refractivity contribution in [3.63, 3.8) is 0 Å². The highest BCUT2D eigenvalue weighted by Gasteiger charge is 2.24. The smallest absolute Gasteiger partial charge is 0.409 e. The van der Waals surface area contributed by atoms with Gasteiger partial charge in [0.05, 0.1) is 6.61 Å². The summed E-state index contributed by atoms with van der Waals surface area (Å²) in [4.78, 5) is 41.7. The second-order valence-electron chi connectivity index (χ2n) is 5.61. The predicted molar refractivity (Wildman–Crippen MR) is 84.3 cm³/mol. The number of carbonyl (C=O) groups excluding carboxylic acids is 2. The number of nitrogens with one attached hydrogen (secondary N) is 1. The molecule has 0 saturated carbocycles. The van der Waals surface area contributed by atoms with Gasteiger partial charge in [0.1, 0.15) is 0 Å². The van der Waals surface area contributed by atoms with Crippen LogP contribution in [-0.4, -0.2) is 64.1 Å². The number of imidazole rings is 1. The number of H-pyrrole nitrogens is 1. The molecule has 1 aliphatic heterocycles. The predicted octanol–water partition coefficient (Wildman–Crippen LogP) is 0.484. The van der Waals surface area contributed by atoms with Gasteiger partial charge >= 0.3 is 11.8 Å². The Bertz CT molecular complexity index is 626. The molecule has 1 N–H and O–H groups in total. The SMILES string of the molecule is CCOC(=O)N1CCN(C(=O)CCn2c(C)c(C)[nH]c2=O)CC1. The molecule has 1 aliphatic rings. The molecule has 1 aromatic rings. The van der Waals surface area contributed by atoms with Gasteiger partial charge in [0.15, 0.2) is 0 Å². The highest BCUT2D eigenvalue weighted by atomic mass is 16.6. The molecule has 8 nitrogen and oxygen atoms in total. The van der Waals surface area contributed by atoms with E-state index in [9.17, 15) is 14.4 Å². The van der Waals surface area contributed by atoms with E-state index in [1.807, 2.05) is 13.8 Å². The molecule has 128 valence electrons. The van der Waals surface area contributed by atoms with Crippen molar-refractivity contribution < 1.29 is 14.3 Å². The van der Waals surface area contributed by atoms with Crippen molar-refractivity contribution in [2.45, 2.75) is 33.7 Å². The summed E-state index contributed by atoms with van der Waals surface area (Å²) >= 11 is 0. The molecule has 0 radical (unpaired) electrons. The largest absolute Gasteiger partial charge is 0.450 e. The average molecular weight is 324 g/mol. The van der Waals surface area contributed by atoms with Gasteiger partial charge in [-0.25, -0.2) is 9.59 Å². The fourth-order valence-corrected chi connectivity index (χ4v) is 2.66. The second kappa shape index (κ2) is 7.34. The van der Waals surface area contributed by atoms with E-state index in [0.29, 0.717) is 39.3 Å². The molecule has 0 aliphatic carbocycles. The fraction of sp³-hybridized carbons (Fsp3) is 0.667. The summed E-state index contributed by atoms with van der Waals surface area (Å²) in [6.45, 7) is 8.13. The van der Waals surface area contributed by atoms with E-state index in [1.165, 1.54) is 0 Å². The van der Waals surface area contributed by atoms with Crippen LogP contribution in [0, 0.1) is 13.8 Å². The Labute approximate surface area is 135 Å². The molecule has 2 rings (SSSR count). The molecule has 2 amide bonds. The maximum Gasteiger partial charge on any atom is 0.409 e. The molecule has 8 heteroatoms. The lowest BCUT2D eigenvalue weighted by Crippen LogP contribution is -2.50. The number of ether oxygens (including phenoxy) is 1. The van der Waals surface area contributed by atoms with Crippen LogP contribution in [0.15, 0.2) is 4.79 Å². The van der Waals surface area contributed by atoms with Crippen LogP contribution in [0.1, 0.15) is 24.7 Å². The van der Waals surface area contributed by atoms with Crippen molar-refractivity contribution in [2.75, 3.05) is 32.8 Å². The first-order chi connectivity index (χ1) is 10.9. The minimum Gasteiger partial charge on any atom is -0.450 e. The van der Waals surface area contributed by atoms with Gasteiger partial charge in [0.25, 0.3) is 0 Å². The second-order valence-corrected chi connectivity index (χ2v) is 5.61. The number of aromatic amines is 1. The van der Waals surface area contributed by atoms with E-state index in [0.717, 1.165) is 11.4 Å². The number of hydrogen-bond acceptors (Lipinski definition) is 4. The average Bonchev–Trinajstić information content (AvgIpc) is 2.78. The lowest BCUT2D eigenvalue weighted by Gasteiger charge is -2.34. The Kier molecular flexibility index (Phi) is 5.46. The van der Waals surface area contributed by atoms with Crippen LogP contribution in [0.3, 0.4) is 0 Å². The van der Waals surface area contributed by atoms with Crippen LogP contribution in [0.2, 0.25) is 0 Å². The van der Waals surface area contributed by atoms with Crippen molar-refractivity contribution >= 4 is 12.0 Å². The molecule has 1 aromatic heterocycles. The molecule has 0 aromatic carbocycles. The van der Waals surface area contributed by atoms with Crippen molar-refractivity contribution in [1.29, 1.82) is 0 Å². The van der Waals surface area contributed by atoms with E-state index in [1.54, 1.807) is 21.3 Å². The van der Waals surface area contributed by atoms with Crippen LogP contribution in [0.25, 0.3) is 0 Å². The third-order valence-electron chi connectivity index (χ3n) is 4.19. The first-order valence-corrected chi connectivity index (χ1v) is 7.89. The topological polar surface area (TPSA) is 87.6 Å². The summed E-state index contributed by atoms with van der Waals surface area (Å²) in [5.41, 5.74) is 1.50. The van der Waals surface area contributed by atoms with Crippen LogP contribution in [0.5, 0.6) is 0 Å². The van der Waals surface area contributed by atoms with Crippen LogP contribution in [-0.2, 0) is 16.1 Å². The van der Waals surface area contributed by atoms with Crippen LogP contribution in [0.4, 0.5) is 4.79 Å². The van der Waals surface area contributed by atoms with Gasteiger partial charge in [-0.05, 0) is 20.8 Å². The number of rotatable bonds is 4. The summed E-state index contributed by atoms with van der Waals surface area (Å²) in [7, 11) is 0. The molecule has 0 spiro atoms. The van der Waals surface area contributed by atoms with Crippen molar-refractivity contribution in [3.8, 4) is 0 Å². The van der Waals surface area contributed by atoms with Gasteiger partial charge < -0.3 is 19.5 Å². The minimum atomic E-state index is -0.329. The van der Waals surface area contributed by atoms with Crippen LogP contribution >= 0.6 is 0 Å². The highest BCUT2D eigenvalue weighted by Crippen LogP contribution is 2.07. The Hall–Kier alpha value is -2.25. The molecule has 2 heterocycles. The summed E-state index contributed by atoms with van der Waals surface area (Å²) in [5.74, 6) is -0.00124. The third kappa shape index (κ3) is 3.94. The lowest BCUT2D eigenvalue weighted by atomic mass is 10.2. The first kappa shape index (κ1) is 17.1. The normalized spacial score (nSPS) is 14.9. The van der Waals surface area contributed by atoms with Gasteiger partial charge in [-0.1, -0.05) is 0 Å².